The van der Waals surface area contributed by atoms with Crippen molar-refractivity contribution in [3.8, 4) is 0 Å². The van der Waals surface area contributed by atoms with Gasteiger partial charge in [-0.05, 0) is 10.6 Å². The molecular formula is C7H3F2N5O4. The molecule has 0 heterocycles. The van der Waals surface area contributed by atoms with Crippen molar-refractivity contribution >= 4 is 17.1 Å². The van der Waals surface area contributed by atoms with E-state index in [1.54, 1.807) is 0 Å². The lowest BCUT2D eigenvalue weighted by Crippen LogP contribution is -1.97. The van der Waals surface area contributed by atoms with E-state index < -0.39 is 38.9 Å². The molecule has 0 aliphatic carbocycles. The van der Waals surface area contributed by atoms with Gasteiger partial charge in [0.25, 0.3) is 17.8 Å². The first-order valence-corrected chi connectivity index (χ1v) is 4.18. The topological polar surface area (TPSA) is 135 Å². The molecule has 0 saturated carbocycles. The third-order valence-corrected chi connectivity index (χ3v) is 1.88. The molecule has 0 saturated heterocycles. The summed E-state index contributed by atoms with van der Waals surface area (Å²) in [6.45, 7) is 0. The molecule has 94 valence electrons. The van der Waals surface area contributed by atoms with E-state index in [1.807, 2.05) is 0 Å². The average Bonchev–Trinajstić information content (AvgIpc) is 2.28. The SMILES string of the molecule is [N-]=[N+]=Nc1c([N+](=O)[O-])cc(C(F)F)cc1[N+](=O)[O-]. The largest absolute Gasteiger partial charge is 0.286 e. The summed E-state index contributed by atoms with van der Waals surface area (Å²) in [6, 6.07) is 0.864. The molecule has 0 radical (unpaired) electrons. The molecule has 0 aliphatic rings. The van der Waals surface area contributed by atoms with E-state index in [1.165, 1.54) is 0 Å². The number of rotatable bonds is 4. The van der Waals surface area contributed by atoms with Crippen molar-refractivity contribution < 1.29 is 18.6 Å². The third kappa shape index (κ3) is 2.47. The van der Waals surface area contributed by atoms with Gasteiger partial charge in [-0.2, -0.15) is 0 Å². The molecule has 1 aromatic carbocycles. The van der Waals surface area contributed by atoms with Gasteiger partial charge in [0.1, 0.15) is 0 Å². The molecule has 18 heavy (non-hydrogen) atoms. The number of nitrogens with zero attached hydrogens (tertiary/aromatic N) is 5. The Morgan fingerprint density at radius 3 is 1.94 bits per heavy atom. The quantitative estimate of drug-likeness (QED) is 0.269. The molecule has 11 heteroatoms. The van der Waals surface area contributed by atoms with E-state index in [9.17, 15) is 29.0 Å². The predicted molar refractivity (Wildman–Crippen MR) is 53.5 cm³/mol. The van der Waals surface area contributed by atoms with Crippen molar-refractivity contribution in [2.24, 2.45) is 5.11 Å². The van der Waals surface area contributed by atoms with Crippen LogP contribution in [0, 0.1) is 20.2 Å². The highest BCUT2D eigenvalue weighted by Crippen LogP contribution is 2.40. The summed E-state index contributed by atoms with van der Waals surface area (Å²) in [5.74, 6) is 0. The molecule has 9 nitrogen and oxygen atoms in total. The second kappa shape index (κ2) is 5.01. The van der Waals surface area contributed by atoms with Crippen LogP contribution in [-0.2, 0) is 0 Å². The fourth-order valence-electron chi connectivity index (χ4n) is 1.18. The van der Waals surface area contributed by atoms with Crippen LogP contribution in [0.2, 0.25) is 0 Å². The van der Waals surface area contributed by atoms with Crippen LogP contribution in [0.25, 0.3) is 10.4 Å². The standard InChI is InChI=1S/C7H3F2N5O4/c8-7(9)3-1-4(13(15)16)6(11-12-10)5(2-3)14(17)18/h1-2,7H. The van der Waals surface area contributed by atoms with Crippen LogP contribution in [0.5, 0.6) is 0 Å². The van der Waals surface area contributed by atoms with Crippen LogP contribution in [0.4, 0.5) is 25.8 Å². The lowest BCUT2D eigenvalue weighted by atomic mass is 10.1. The number of azide groups is 1. The zero-order valence-corrected chi connectivity index (χ0v) is 8.36. The maximum Gasteiger partial charge on any atom is 0.286 e. The fraction of sp³-hybridized carbons (Fsp3) is 0.143. The highest BCUT2D eigenvalue weighted by molar-refractivity contribution is 5.71. The molecule has 0 amide bonds. The van der Waals surface area contributed by atoms with E-state index in [4.69, 9.17) is 5.53 Å². The van der Waals surface area contributed by atoms with Crippen LogP contribution < -0.4 is 0 Å². The number of hydrogen-bond acceptors (Lipinski definition) is 5. The predicted octanol–water partition coefficient (Wildman–Crippen LogP) is 3.38. The Kier molecular flexibility index (Phi) is 3.69. The Bertz CT molecular complexity index is 534. The Morgan fingerprint density at radius 1 is 1.22 bits per heavy atom. The van der Waals surface area contributed by atoms with Crippen LogP contribution in [0.15, 0.2) is 17.2 Å². The smallest absolute Gasteiger partial charge is 0.258 e. The summed E-state index contributed by atoms with van der Waals surface area (Å²) in [5, 5.41) is 24.0. The van der Waals surface area contributed by atoms with Gasteiger partial charge in [-0.3, -0.25) is 20.2 Å². The summed E-state index contributed by atoms with van der Waals surface area (Å²) in [7, 11) is 0. The fourth-order valence-corrected chi connectivity index (χ4v) is 1.18. The molecule has 0 fully saturated rings. The maximum absolute atomic E-state index is 12.4. The summed E-state index contributed by atoms with van der Waals surface area (Å²) in [4.78, 5) is 21.1. The van der Waals surface area contributed by atoms with Gasteiger partial charge in [0.15, 0.2) is 5.69 Å². The van der Waals surface area contributed by atoms with Crippen molar-refractivity contribution in [3.63, 3.8) is 0 Å². The molecule has 1 rings (SSSR count). The van der Waals surface area contributed by atoms with E-state index in [-0.39, 0.29) is 0 Å². The molecular weight excluding hydrogens is 256 g/mol. The van der Waals surface area contributed by atoms with Crippen LogP contribution in [0.3, 0.4) is 0 Å². The van der Waals surface area contributed by atoms with Crippen molar-refractivity contribution in [1.82, 2.24) is 0 Å². The van der Waals surface area contributed by atoms with E-state index in [2.05, 4.69) is 10.0 Å². The molecule has 1 aromatic rings. The zero-order chi connectivity index (χ0) is 13.9. The molecule has 0 spiro atoms. The minimum absolute atomic E-state index is 0.432. The van der Waals surface area contributed by atoms with Crippen LogP contribution in [-0.4, -0.2) is 9.85 Å². The third-order valence-electron chi connectivity index (χ3n) is 1.88. The Hall–Kier alpha value is -2.81. The van der Waals surface area contributed by atoms with E-state index in [0.29, 0.717) is 12.1 Å². The monoisotopic (exact) mass is 259 g/mol. The van der Waals surface area contributed by atoms with Gasteiger partial charge in [-0.1, -0.05) is 0 Å². The summed E-state index contributed by atoms with van der Waals surface area (Å²) in [6.07, 6.45) is -3.12. The lowest BCUT2D eigenvalue weighted by Gasteiger charge is -2.03. The maximum atomic E-state index is 12.4. The van der Waals surface area contributed by atoms with Crippen molar-refractivity contribution in [2.75, 3.05) is 0 Å². The number of benzene rings is 1. The molecule has 0 N–H and O–H groups in total. The van der Waals surface area contributed by atoms with Gasteiger partial charge in [0.2, 0.25) is 0 Å². The minimum atomic E-state index is -3.12. The molecule has 0 bridgehead atoms. The number of halogens is 2. The van der Waals surface area contributed by atoms with Crippen LogP contribution >= 0.6 is 0 Å². The van der Waals surface area contributed by atoms with Gasteiger partial charge in [0.05, 0.1) is 9.85 Å². The minimum Gasteiger partial charge on any atom is -0.258 e. The normalized spacial score (nSPS) is 9.94. The molecule has 0 aliphatic heterocycles. The van der Waals surface area contributed by atoms with Crippen molar-refractivity contribution in [3.05, 3.63) is 48.4 Å². The number of nitro groups is 2. The second-order valence-corrected chi connectivity index (χ2v) is 2.91. The number of alkyl halides is 2. The van der Waals surface area contributed by atoms with Gasteiger partial charge in [0, 0.05) is 22.6 Å². The van der Waals surface area contributed by atoms with Gasteiger partial charge in [-0.15, -0.1) is 0 Å². The summed E-state index contributed by atoms with van der Waals surface area (Å²) < 4.78 is 24.8. The highest BCUT2D eigenvalue weighted by atomic mass is 19.3. The Balaban J connectivity index is 3.70. The first kappa shape index (κ1) is 13.3. The first-order chi connectivity index (χ1) is 8.38. The molecule has 0 unspecified atom stereocenters. The number of hydrogen-bond donors (Lipinski definition) is 0. The summed E-state index contributed by atoms with van der Waals surface area (Å²) >= 11 is 0. The van der Waals surface area contributed by atoms with Gasteiger partial charge < -0.3 is 0 Å². The van der Waals surface area contributed by atoms with Crippen molar-refractivity contribution in [1.29, 1.82) is 0 Å². The summed E-state index contributed by atoms with van der Waals surface area (Å²) in [5.41, 5.74) is 4.28. The average molecular weight is 259 g/mol. The lowest BCUT2D eigenvalue weighted by molar-refractivity contribution is -0.392. The number of nitro benzene ring substituents is 2. The van der Waals surface area contributed by atoms with Gasteiger partial charge in [-0.25, -0.2) is 8.78 Å². The molecule has 0 aromatic heterocycles. The molecule has 0 atom stereocenters. The first-order valence-electron chi connectivity index (χ1n) is 4.18. The van der Waals surface area contributed by atoms with Gasteiger partial charge >= 0.3 is 0 Å². The highest BCUT2D eigenvalue weighted by Gasteiger charge is 2.28. The van der Waals surface area contributed by atoms with Crippen molar-refractivity contribution in [2.45, 2.75) is 6.43 Å². The van der Waals surface area contributed by atoms with E-state index in [0.717, 1.165) is 0 Å². The van der Waals surface area contributed by atoms with Crippen LogP contribution in [0.1, 0.15) is 12.0 Å². The zero-order valence-electron chi connectivity index (χ0n) is 8.36. The Labute approximate surface area is 96.6 Å². The van der Waals surface area contributed by atoms with E-state index >= 15 is 0 Å². The second-order valence-electron chi connectivity index (χ2n) is 2.91. The Morgan fingerprint density at radius 2 is 1.67 bits per heavy atom.